The van der Waals surface area contributed by atoms with Crippen molar-refractivity contribution in [3.8, 4) is 28.3 Å². The van der Waals surface area contributed by atoms with Crippen LogP contribution in [0.4, 0.5) is 0 Å². The van der Waals surface area contributed by atoms with Gasteiger partial charge in [0.05, 0.1) is 0 Å². The molecule has 3 aromatic carbocycles. The van der Waals surface area contributed by atoms with Crippen LogP contribution in [0.2, 0.25) is 0 Å². The van der Waals surface area contributed by atoms with E-state index in [4.69, 9.17) is 9.40 Å². The van der Waals surface area contributed by atoms with E-state index in [1.165, 1.54) is 12.1 Å². The molecule has 4 aromatic rings. The van der Waals surface area contributed by atoms with Gasteiger partial charge in [-0.3, -0.25) is 4.79 Å². The van der Waals surface area contributed by atoms with E-state index in [1.807, 2.05) is 74.8 Å². The topological polar surface area (TPSA) is 66.6 Å². The van der Waals surface area contributed by atoms with Gasteiger partial charge in [0.2, 0.25) is 5.89 Å². The van der Waals surface area contributed by atoms with Crippen molar-refractivity contribution >= 4 is 11.4 Å². The lowest BCUT2D eigenvalue weighted by atomic mass is 10.0. The molecule has 0 unspecified atom stereocenters. The number of carbonyl (C=O) groups is 1. The summed E-state index contributed by atoms with van der Waals surface area (Å²) in [5, 5.41) is 9.82. The van der Waals surface area contributed by atoms with Gasteiger partial charge in [0.25, 0.3) is 0 Å². The van der Waals surface area contributed by atoms with Crippen LogP contribution in [-0.4, -0.2) is 34.9 Å². The molecule has 0 radical (unpaired) electrons. The molecule has 0 aliphatic carbocycles. The van der Waals surface area contributed by atoms with Crippen LogP contribution in [-0.2, 0) is 0 Å². The predicted octanol–water partition coefficient (Wildman–Crippen LogP) is 5.50. The fourth-order valence-corrected chi connectivity index (χ4v) is 3.28. The Balaban J connectivity index is 1.88. The average Bonchev–Trinajstić information content (AvgIpc) is 3.23. The summed E-state index contributed by atoms with van der Waals surface area (Å²) in [6.45, 7) is 0. The molecular formula is C26H22N2O3. The minimum Gasteiger partial charge on any atom is -0.508 e. The van der Waals surface area contributed by atoms with Gasteiger partial charge < -0.3 is 14.4 Å². The van der Waals surface area contributed by atoms with Gasteiger partial charge in [0.1, 0.15) is 17.0 Å². The quantitative estimate of drug-likeness (QED) is 0.336. The van der Waals surface area contributed by atoms with Crippen molar-refractivity contribution in [1.82, 2.24) is 9.88 Å². The Morgan fingerprint density at radius 2 is 1.55 bits per heavy atom. The van der Waals surface area contributed by atoms with Crippen molar-refractivity contribution < 1.29 is 14.3 Å². The Labute approximate surface area is 180 Å². The Bertz CT molecular complexity index is 1170. The molecule has 0 atom stereocenters. The monoisotopic (exact) mass is 410 g/mol. The Morgan fingerprint density at radius 1 is 0.903 bits per heavy atom. The lowest BCUT2D eigenvalue weighted by Crippen LogP contribution is -2.09. The van der Waals surface area contributed by atoms with Crippen LogP contribution < -0.4 is 0 Å². The first-order valence-corrected chi connectivity index (χ1v) is 9.87. The Kier molecular flexibility index (Phi) is 5.67. The van der Waals surface area contributed by atoms with Crippen LogP contribution in [0.5, 0.6) is 5.75 Å². The Morgan fingerprint density at radius 3 is 2.16 bits per heavy atom. The van der Waals surface area contributed by atoms with Crippen LogP contribution in [0.15, 0.2) is 95.5 Å². The number of phenolic OH excluding ortho intramolecular Hbond substituents is 1. The molecule has 0 aliphatic rings. The molecule has 0 bridgehead atoms. The molecule has 154 valence electrons. The number of aromatic hydroxyl groups is 1. The van der Waals surface area contributed by atoms with Gasteiger partial charge in [0.15, 0.2) is 11.5 Å². The third-order valence-corrected chi connectivity index (χ3v) is 4.68. The number of hydrogen-bond donors (Lipinski definition) is 1. The number of oxazole rings is 1. The smallest absolute Gasteiger partial charge is 0.232 e. The highest BCUT2D eigenvalue weighted by Gasteiger charge is 2.24. The summed E-state index contributed by atoms with van der Waals surface area (Å²) in [5.41, 5.74) is 3.08. The van der Waals surface area contributed by atoms with E-state index in [1.54, 1.807) is 23.2 Å². The molecule has 4 rings (SSSR count). The van der Waals surface area contributed by atoms with Crippen LogP contribution in [0.25, 0.3) is 28.2 Å². The summed E-state index contributed by atoms with van der Waals surface area (Å²) >= 11 is 0. The number of benzene rings is 3. The van der Waals surface area contributed by atoms with E-state index in [-0.39, 0.29) is 17.4 Å². The number of hydrogen-bond acceptors (Lipinski definition) is 5. The molecule has 0 amide bonds. The number of rotatable bonds is 6. The minimum atomic E-state index is -0.287. The molecule has 31 heavy (non-hydrogen) atoms. The first-order chi connectivity index (χ1) is 15.0. The molecule has 0 saturated heterocycles. The summed E-state index contributed by atoms with van der Waals surface area (Å²) in [6, 6.07) is 25.7. The van der Waals surface area contributed by atoms with Gasteiger partial charge in [-0.15, -0.1) is 0 Å². The van der Waals surface area contributed by atoms with Crippen molar-refractivity contribution in [2.75, 3.05) is 14.1 Å². The molecule has 5 nitrogen and oxygen atoms in total. The van der Waals surface area contributed by atoms with Crippen molar-refractivity contribution in [3.05, 3.63) is 103 Å². The van der Waals surface area contributed by atoms with Crippen LogP contribution in [0.3, 0.4) is 0 Å². The van der Waals surface area contributed by atoms with Crippen LogP contribution in [0.1, 0.15) is 16.2 Å². The maximum atomic E-state index is 13.3. The zero-order valence-corrected chi connectivity index (χ0v) is 17.3. The molecule has 0 spiro atoms. The van der Waals surface area contributed by atoms with Crippen molar-refractivity contribution in [1.29, 1.82) is 0 Å². The SMILES string of the molecule is CN(C)C=C(C(=O)c1cccc(O)c1)c1nc(-c2ccccc2)c(-c2ccccc2)o1. The second kappa shape index (κ2) is 8.71. The van der Waals surface area contributed by atoms with Gasteiger partial charge in [-0.1, -0.05) is 72.8 Å². The summed E-state index contributed by atoms with van der Waals surface area (Å²) in [4.78, 5) is 19.8. The first kappa shape index (κ1) is 20.2. The third-order valence-electron chi connectivity index (χ3n) is 4.68. The Hall–Kier alpha value is -4.12. The second-order valence-corrected chi connectivity index (χ2v) is 7.31. The number of allylic oxidation sites excluding steroid dienone is 1. The normalized spacial score (nSPS) is 11.4. The fourth-order valence-electron chi connectivity index (χ4n) is 3.28. The fraction of sp³-hybridized carbons (Fsp3) is 0.0769. The lowest BCUT2D eigenvalue weighted by Gasteiger charge is -2.09. The number of ketones is 1. The summed E-state index contributed by atoms with van der Waals surface area (Å²) in [6.07, 6.45) is 1.68. The van der Waals surface area contributed by atoms with E-state index in [9.17, 15) is 9.90 Å². The molecule has 1 N–H and O–H groups in total. The van der Waals surface area contributed by atoms with Crippen molar-refractivity contribution in [3.63, 3.8) is 0 Å². The second-order valence-electron chi connectivity index (χ2n) is 7.31. The molecular weight excluding hydrogens is 388 g/mol. The third kappa shape index (κ3) is 4.41. The van der Waals surface area contributed by atoms with Crippen molar-refractivity contribution in [2.24, 2.45) is 0 Å². The first-order valence-electron chi connectivity index (χ1n) is 9.87. The molecule has 5 heteroatoms. The summed E-state index contributed by atoms with van der Waals surface area (Å²) < 4.78 is 6.20. The molecule has 0 saturated carbocycles. The predicted molar refractivity (Wildman–Crippen MR) is 121 cm³/mol. The van der Waals surface area contributed by atoms with Crippen LogP contribution in [0, 0.1) is 0 Å². The van der Waals surface area contributed by atoms with E-state index in [0.29, 0.717) is 22.6 Å². The molecule has 0 aliphatic heterocycles. The highest BCUT2D eigenvalue weighted by atomic mass is 16.4. The standard InChI is InChI=1S/C26H22N2O3/c1-28(2)17-22(24(30)20-14-9-15-21(29)16-20)26-27-23(18-10-5-3-6-11-18)25(31-26)19-12-7-4-8-13-19/h3-17,29H,1-2H3. The average molecular weight is 410 g/mol. The number of Topliss-reactive ketones (excluding diaryl/α,β-unsaturated/α-hetero) is 1. The number of nitrogens with zero attached hydrogens (tertiary/aromatic N) is 2. The lowest BCUT2D eigenvalue weighted by molar-refractivity contribution is 0.105. The number of phenols is 1. The number of carbonyl (C=O) groups excluding carboxylic acids is 1. The van der Waals surface area contributed by atoms with E-state index < -0.39 is 0 Å². The van der Waals surface area contributed by atoms with Gasteiger partial charge in [-0.05, 0) is 12.1 Å². The van der Waals surface area contributed by atoms with E-state index in [0.717, 1.165) is 11.1 Å². The van der Waals surface area contributed by atoms with Crippen LogP contribution >= 0.6 is 0 Å². The summed E-state index contributed by atoms with van der Waals surface area (Å²) in [7, 11) is 3.66. The molecule has 0 fully saturated rings. The largest absolute Gasteiger partial charge is 0.508 e. The van der Waals surface area contributed by atoms with Crippen molar-refractivity contribution in [2.45, 2.75) is 0 Å². The van der Waals surface area contributed by atoms with E-state index >= 15 is 0 Å². The zero-order chi connectivity index (χ0) is 21.8. The maximum absolute atomic E-state index is 13.3. The molecule has 1 heterocycles. The minimum absolute atomic E-state index is 0.0254. The van der Waals surface area contributed by atoms with E-state index in [2.05, 4.69) is 0 Å². The van der Waals surface area contributed by atoms with Gasteiger partial charge in [0, 0.05) is 37.0 Å². The highest BCUT2D eigenvalue weighted by molar-refractivity contribution is 6.28. The van der Waals surface area contributed by atoms with Gasteiger partial charge in [-0.25, -0.2) is 4.98 Å². The zero-order valence-electron chi connectivity index (χ0n) is 17.3. The number of aromatic nitrogens is 1. The summed E-state index contributed by atoms with van der Waals surface area (Å²) in [5.74, 6) is 0.553. The highest BCUT2D eigenvalue weighted by Crippen LogP contribution is 2.35. The van der Waals surface area contributed by atoms with Gasteiger partial charge >= 0.3 is 0 Å². The van der Waals surface area contributed by atoms with Gasteiger partial charge in [-0.2, -0.15) is 0 Å². The maximum Gasteiger partial charge on any atom is 0.232 e. The molecule has 1 aromatic heterocycles.